The topological polar surface area (TPSA) is 47.7 Å². The van der Waals surface area contributed by atoms with E-state index in [2.05, 4.69) is 43.9 Å². The molecule has 21 heavy (non-hydrogen) atoms. The predicted molar refractivity (Wildman–Crippen MR) is 85.7 cm³/mol. The lowest BCUT2D eigenvalue weighted by Gasteiger charge is -2.35. The third kappa shape index (κ3) is 4.43. The summed E-state index contributed by atoms with van der Waals surface area (Å²) >= 11 is 0. The molecule has 1 fully saturated rings. The number of hydrogen-bond donors (Lipinski definition) is 1. The van der Waals surface area contributed by atoms with Gasteiger partial charge in [0, 0.05) is 30.7 Å². The summed E-state index contributed by atoms with van der Waals surface area (Å²) in [6, 6.07) is 6.71. The van der Waals surface area contributed by atoms with Gasteiger partial charge in [-0.2, -0.15) is 0 Å². The molecule has 118 valence electrons. The maximum atomic E-state index is 6.02. The van der Waals surface area contributed by atoms with Gasteiger partial charge in [0.15, 0.2) is 0 Å². The van der Waals surface area contributed by atoms with E-state index in [0.29, 0.717) is 12.6 Å². The molecule has 1 heterocycles. The first-order valence-electron chi connectivity index (χ1n) is 7.82. The molecule has 0 amide bonds. The third-order valence-corrected chi connectivity index (χ3v) is 3.98. The van der Waals surface area contributed by atoms with Crippen LogP contribution < -0.4 is 10.5 Å². The summed E-state index contributed by atoms with van der Waals surface area (Å²) in [6.45, 7) is 11.8. The van der Waals surface area contributed by atoms with Crippen LogP contribution in [0.3, 0.4) is 0 Å². The highest BCUT2D eigenvalue weighted by molar-refractivity contribution is 5.38. The first-order chi connectivity index (χ1) is 9.97. The highest BCUT2D eigenvalue weighted by atomic mass is 16.5. The number of morpholine rings is 1. The van der Waals surface area contributed by atoms with Crippen molar-refractivity contribution >= 4 is 0 Å². The minimum atomic E-state index is -0.0277. The molecule has 1 aliphatic heterocycles. The normalized spacial score (nSPS) is 21.5. The van der Waals surface area contributed by atoms with Crippen LogP contribution in [-0.4, -0.2) is 43.3 Å². The van der Waals surface area contributed by atoms with Crippen molar-refractivity contribution in [3.05, 3.63) is 29.3 Å². The highest BCUT2D eigenvalue weighted by Gasteiger charge is 2.23. The zero-order valence-corrected chi connectivity index (χ0v) is 13.6. The van der Waals surface area contributed by atoms with Gasteiger partial charge in [0.2, 0.25) is 0 Å². The summed E-state index contributed by atoms with van der Waals surface area (Å²) in [5, 5.41) is 0. The summed E-state index contributed by atoms with van der Waals surface area (Å²) in [7, 11) is 0. The molecule has 0 aliphatic carbocycles. The molecule has 1 saturated heterocycles. The van der Waals surface area contributed by atoms with Gasteiger partial charge in [-0.15, -0.1) is 0 Å². The molecular weight excluding hydrogens is 264 g/mol. The Bertz CT molecular complexity index is 460. The van der Waals surface area contributed by atoms with Gasteiger partial charge in [0.25, 0.3) is 0 Å². The lowest BCUT2D eigenvalue weighted by molar-refractivity contribution is -0.0565. The Morgan fingerprint density at radius 2 is 2.14 bits per heavy atom. The minimum absolute atomic E-state index is 0.0277. The quantitative estimate of drug-likeness (QED) is 0.906. The van der Waals surface area contributed by atoms with Crippen molar-refractivity contribution in [1.29, 1.82) is 0 Å². The van der Waals surface area contributed by atoms with Gasteiger partial charge in [-0.3, -0.25) is 4.90 Å². The van der Waals surface area contributed by atoms with E-state index in [9.17, 15) is 0 Å². The van der Waals surface area contributed by atoms with Gasteiger partial charge in [0.05, 0.1) is 6.61 Å². The van der Waals surface area contributed by atoms with E-state index in [1.807, 2.05) is 6.92 Å². The first-order valence-corrected chi connectivity index (χ1v) is 7.82. The van der Waals surface area contributed by atoms with Gasteiger partial charge in [-0.25, -0.2) is 0 Å². The molecule has 1 aromatic carbocycles. The fraction of sp³-hybridized carbons (Fsp3) is 0.647. The van der Waals surface area contributed by atoms with E-state index in [1.165, 1.54) is 5.56 Å². The third-order valence-electron chi connectivity index (χ3n) is 3.98. The van der Waals surface area contributed by atoms with Crippen molar-refractivity contribution in [3.63, 3.8) is 0 Å². The van der Waals surface area contributed by atoms with E-state index in [1.54, 1.807) is 0 Å². The Labute approximate surface area is 128 Å². The number of benzene rings is 1. The van der Waals surface area contributed by atoms with E-state index in [4.69, 9.17) is 15.2 Å². The lowest BCUT2D eigenvalue weighted by Crippen LogP contribution is -2.47. The van der Waals surface area contributed by atoms with Crippen LogP contribution in [0.5, 0.6) is 5.75 Å². The Balaban J connectivity index is 1.98. The summed E-state index contributed by atoms with van der Waals surface area (Å²) in [6.07, 6.45) is 0.127. The van der Waals surface area contributed by atoms with Crippen molar-refractivity contribution in [2.45, 2.75) is 45.9 Å². The zero-order chi connectivity index (χ0) is 15.4. The molecule has 0 bridgehead atoms. The molecule has 2 N–H and O–H groups in total. The molecule has 1 aliphatic rings. The molecule has 1 aromatic rings. The number of nitrogens with two attached hydrogens (primary N) is 1. The summed E-state index contributed by atoms with van der Waals surface area (Å²) in [5.74, 6) is 0.885. The number of rotatable bonds is 5. The molecule has 0 saturated carbocycles. The SMILES string of the molecule is Cc1ccc([C@@H](C)N)c(OCC2CN(C(C)C)CCO2)c1. The van der Waals surface area contributed by atoms with Crippen LogP contribution >= 0.6 is 0 Å². The smallest absolute Gasteiger partial charge is 0.124 e. The standard InChI is InChI=1S/C17H28N2O2/c1-12(2)19-7-8-20-15(10-19)11-21-17-9-13(3)5-6-16(17)14(4)18/h5-6,9,12,14-15H,7-8,10-11,18H2,1-4H3/t14-,15?/m1/s1. The van der Waals surface area contributed by atoms with E-state index >= 15 is 0 Å². The number of aryl methyl sites for hydroxylation is 1. The van der Waals surface area contributed by atoms with Gasteiger partial charge < -0.3 is 15.2 Å². The Hall–Kier alpha value is -1.10. The number of ether oxygens (including phenoxy) is 2. The fourth-order valence-corrected chi connectivity index (χ4v) is 2.64. The molecule has 4 heteroatoms. The molecule has 0 radical (unpaired) electrons. The summed E-state index contributed by atoms with van der Waals surface area (Å²) < 4.78 is 11.8. The van der Waals surface area contributed by atoms with E-state index in [0.717, 1.165) is 31.0 Å². The van der Waals surface area contributed by atoms with Crippen molar-refractivity contribution < 1.29 is 9.47 Å². The second-order valence-electron chi connectivity index (χ2n) is 6.22. The van der Waals surface area contributed by atoms with Gasteiger partial charge in [-0.05, 0) is 39.3 Å². The van der Waals surface area contributed by atoms with Crippen LogP contribution in [0.4, 0.5) is 0 Å². The number of nitrogens with zero attached hydrogens (tertiary/aromatic N) is 1. The Morgan fingerprint density at radius 1 is 1.38 bits per heavy atom. The monoisotopic (exact) mass is 292 g/mol. The van der Waals surface area contributed by atoms with Crippen LogP contribution in [0, 0.1) is 6.92 Å². The zero-order valence-electron chi connectivity index (χ0n) is 13.6. The van der Waals surface area contributed by atoms with Crippen molar-refractivity contribution in [2.75, 3.05) is 26.3 Å². The molecule has 4 nitrogen and oxygen atoms in total. The van der Waals surface area contributed by atoms with Crippen LogP contribution in [0.25, 0.3) is 0 Å². The summed E-state index contributed by atoms with van der Waals surface area (Å²) in [4.78, 5) is 2.43. The highest BCUT2D eigenvalue weighted by Crippen LogP contribution is 2.25. The Morgan fingerprint density at radius 3 is 2.81 bits per heavy atom. The molecule has 0 spiro atoms. The average Bonchev–Trinajstić information content (AvgIpc) is 2.45. The molecule has 1 unspecified atom stereocenters. The average molecular weight is 292 g/mol. The van der Waals surface area contributed by atoms with Crippen LogP contribution in [0.15, 0.2) is 18.2 Å². The maximum absolute atomic E-state index is 6.02. The predicted octanol–water partition coefficient (Wildman–Crippen LogP) is 2.50. The maximum Gasteiger partial charge on any atom is 0.124 e. The lowest BCUT2D eigenvalue weighted by atomic mass is 10.1. The molecule has 0 aromatic heterocycles. The van der Waals surface area contributed by atoms with Crippen molar-refractivity contribution in [1.82, 2.24) is 4.90 Å². The van der Waals surface area contributed by atoms with E-state index < -0.39 is 0 Å². The van der Waals surface area contributed by atoms with Gasteiger partial charge in [-0.1, -0.05) is 12.1 Å². The second kappa shape index (κ2) is 7.25. The molecule has 2 atom stereocenters. The molecule has 2 rings (SSSR count). The Kier molecular flexibility index (Phi) is 5.62. The first kappa shape index (κ1) is 16.3. The number of hydrogen-bond acceptors (Lipinski definition) is 4. The van der Waals surface area contributed by atoms with Crippen LogP contribution in [0.2, 0.25) is 0 Å². The molecular formula is C17H28N2O2. The minimum Gasteiger partial charge on any atom is -0.490 e. The van der Waals surface area contributed by atoms with Crippen LogP contribution in [-0.2, 0) is 4.74 Å². The largest absolute Gasteiger partial charge is 0.490 e. The fourth-order valence-electron chi connectivity index (χ4n) is 2.64. The van der Waals surface area contributed by atoms with Gasteiger partial charge >= 0.3 is 0 Å². The summed E-state index contributed by atoms with van der Waals surface area (Å²) in [5.41, 5.74) is 8.25. The second-order valence-corrected chi connectivity index (χ2v) is 6.22. The van der Waals surface area contributed by atoms with Crippen molar-refractivity contribution in [2.24, 2.45) is 5.73 Å². The van der Waals surface area contributed by atoms with Gasteiger partial charge in [0.1, 0.15) is 18.5 Å². The van der Waals surface area contributed by atoms with Crippen LogP contribution in [0.1, 0.15) is 37.9 Å². The van der Waals surface area contributed by atoms with Crippen molar-refractivity contribution in [3.8, 4) is 5.75 Å². The van der Waals surface area contributed by atoms with E-state index in [-0.39, 0.29) is 12.1 Å².